The maximum atomic E-state index is 5.69. The Morgan fingerprint density at radius 3 is 2.60 bits per heavy atom. The Labute approximate surface area is 120 Å². The van der Waals surface area contributed by atoms with Gasteiger partial charge in [-0.2, -0.15) is 0 Å². The quantitative estimate of drug-likeness (QED) is 0.792. The molecule has 1 saturated heterocycles. The summed E-state index contributed by atoms with van der Waals surface area (Å²) in [4.78, 5) is 0. The smallest absolute Gasteiger partial charge is 0.160 e. The van der Waals surface area contributed by atoms with Gasteiger partial charge in [-0.15, -0.1) is 0 Å². The molecule has 1 aromatic rings. The van der Waals surface area contributed by atoms with Crippen molar-refractivity contribution >= 4 is 0 Å². The summed E-state index contributed by atoms with van der Waals surface area (Å²) < 4.78 is 16.5. The van der Waals surface area contributed by atoms with Gasteiger partial charge in [0.05, 0.1) is 27.4 Å². The second-order valence-electron chi connectivity index (χ2n) is 5.75. The largest absolute Gasteiger partial charge is 0.493 e. The normalized spacial score (nSPS) is 31.9. The molecule has 0 spiro atoms. The van der Waals surface area contributed by atoms with Crippen LogP contribution < -0.4 is 9.47 Å². The van der Waals surface area contributed by atoms with Crippen LogP contribution in [0.1, 0.15) is 18.4 Å². The first-order chi connectivity index (χ1) is 9.74. The van der Waals surface area contributed by atoms with Gasteiger partial charge >= 0.3 is 0 Å². The summed E-state index contributed by atoms with van der Waals surface area (Å²) in [5.74, 6) is 3.75. The summed E-state index contributed by atoms with van der Waals surface area (Å²) >= 11 is 0. The van der Waals surface area contributed by atoms with Gasteiger partial charge in [-0.25, -0.2) is 0 Å². The lowest BCUT2D eigenvalue weighted by Gasteiger charge is -2.34. The van der Waals surface area contributed by atoms with Crippen LogP contribution in [0, 0.1) is 17.8 Å². The Morgan fingerprint density at radius 1 is 1.05 bits per heavy atom. The molecule has 1 aliphatic carbocycles. The van der Waals surface area contributed by atoms with Crippen LogP contribution in [0.2, 0.25) is 0 Å². The SMILES string of the molecule is COc1ccc([C@@H]2[C@H]3COC[C@H]3C=C[C@H]2C)cc1OC. The predicted molar refractivity (Wildman–Crippen MR) is 78.4 cm³/mol. The highest BCUT2D eigenvalue weighted by Crippen LogP contribution is 2.45. The van der Waals surface area contributed by atoms with Gasteiger partial charge in [0.1, 0.15) is 0 Å². The van der Waals surface area contributed by atoms with Gasteiger partial charge in [0.15, 0.2) is 11.5 Å². The third kappa shape index (κ3) is 2.20. The van der Waals surface area contributed by atoms with Gasteiger partial charge < -0.3 is 14.2 Å². The van der Waals surface area contributed by atoms with E-state index in [4.69, 9.17) is 14.2 Å². The van der Waals surface area contributed by atoms with Crippen LogP contribution in [0.3, 0.4) is 0 Å². The van der Waals surface area contributed by atoms with E-state index in [9.17, 15) is 0 Å². The molecule has 3 rings (SSSR count). The molecule has 1 aromatic carbocycles. The van der Waals surface area contributed by atoms with Crippen molar-refractivity contribution in [2.45, 2.75) is 12.8 Å². The number of allylic oxidation sites excluding steroid dienone is 1. The molecule has 0 saturated carbocycles. The Kier molecular flexibility index (Phi) is 3.70. The second kappa shape index (κ2) is 5.49. The second-order valence-corrected chi connectivity index (χ2v) is 5.75. The van der Waals surface area contributed by atoms with E-state index in [1.54, 1.807) is 14.2 Å². The molecule has 108 valence electrons. The summed E-state index contributed by atoms with van der Waals surface area (Å²) in [5, 5.41) is 0. The minimum Gasteiger partial charge on any atom is -0.493 e. The van der Waals surface area contributed by atoms with Gasteiger partial charge in [0.25, 0.3) is 0 Å². The average Bonchev–Trinajstić information content (AvgIpc) is 2.94. The molecule has 3 nitrogen and oxygen atoms in total. The highest BCUT2D eigenvalue weighted by molar-refractivity contribution is 5.44. The molecule has 20 heavy (non-hydrogen) atoms. The first-order valence-electron chi connectivity index (χ1n) is 7.22. The molecule has 3 heteroatoms. The average molecular weight is 274 g/mol. The minimum atomic E-state index is 0.493. The summed E-state index contributed by atoms with van der Waals surface area (Å²) in [6, 6.07) is 6.29. The molecule has 0 N–H and O–H groups in total. The molecule has 1 heterocycles. The van der Waals surface area contributed by atoms with E-state index in [1.807, 2.05) is 6.07 Å². The molecule has 0 aromatic heterocycles. The van der Waals surface area contributed by atoms with Crippen molar-refractivity contribution in [3.8, 4) is 11.5 Å². The van der Waals surface area contributed by atoms with Crippen LogP contribution in [-0.2, 0) is 4.74 Å². The molecule has 1 fully saturated rings. The molecule has 0 unspecified atom stereocenters. The molecular formula is C17H22O3. The van der Waals surface area contributed by atoms with Crippen LogP contribution >= 0.6 is 0 Å². The van der Waals surface area contributed by atoms with E-state index in [0.29, 0.717) is 23.7 Å². The van der Waals surface area contributed by atoms with Gasteiger partial charge in [-0.05, 0) is 35.4 Å². The van der Waals surface area contributed by atoms with E-state index < -0.39 is 0 Å². The van der Waals surface area contributed by atoms with E-state index in [-0.39, 0.29) is 0 Å². The number of hydrogen-bond donors (Lipinski definition) is 0. The Morgan fingerprint density at radius 2 is 1.85 bits per heavy atom. The summed E-state index contributed by atoms with van der Waals surface area (Å²) in [6.07, 6.45) is 4.66. The van der Waals surface area contributed by atoms with Crippen molar-refractivity contribution in [1.29, 1.82) is 0 Å². The van der Waals surface area contributed by atoms with Crippen LogP contribution in [0.5, 0.6) is 11.5 Å². The first kappa shape index (κ1) is 13.5. The van der Waals surface area contributed by atoms with Crippen molar-refractivity contribution in [2.24, 2.45) is 17.8 Å². The monoisotopic (exact) mass is 274 g/mol. The Hall–Kier alpha value is -1.48. The molecular weight excluding hydrogens is 252 g/mol. The van der Waals surface area contributed by atoms with Crippen LogP contribution in [0.25, 0.3) is 0 Å². The Bertz CT molecular complexity index is 509. The lowest BCUT2D eigenvalue weighted by Crippen LogP contribution is -2.27. The highest BCUT2D eigenvalue weighted by Gasteiger charge is 2.39. The Balaban J connectivity index is 1.96. The fourth-order valence-electron chi connectivity index (χ4n) is 3.59. The van der Waals surface area contributed by atoms with Crippen molar-refractivity contribution in [2.75, 3.05) is 27.4 Å². The zero-order valence-electron chi connectivity index (χ0n) is 12.3. The molecule has 2 aliphatic rings. The summed E-state index contributed by atoms with van der Waals surface area (Å²) in [6.45, 7) is 4.00. The standard InChI is InChI=1S/C17H22O3/c1-11-4-5-13-9-20-10-14(13)17(11)12-6-7-15(18-2)16(8-12)19-3/h4-8,11,13-14,17H,9-10H2,1-3H3/t11-,13-,14+,17-/m1/s1. The minimum absolute atomic E-state index is 0.493. The number of ether oxygens (including phenoxy) is 3. The maximum Gasteiger partial charge on any atom is 0.160 e. The number of hydrogen-bond acceptors (Lipinski definition) is 3. The van der Waals surface area contributed by atoms with Gasteiger partial charge in [-0.3, -0.25) is 0 Å². The first-order valence-corrected chi connectivity index (χ1v) is 7.22. The van der Waals surface area contributed by atoms with E-state index in [0.717, 1.165) is 24.7 Å². The highest BCUT2D eigenvalue weighted by atomic mass is 16.5. The van der Waals surface area contributed by atoms with E-state index in [2.05, 4.69) is 31.2 Å². The zero-order chi connectivity index (χ0) is 14.1. The number of rotatable bonds is 3. The fourth-order valence-corrected chi connectivity index (χ4v) is 3.59. The van der Waals surface area contributed by atoms with Gasteiger partial charge in [0.2, 0.25) is 0 Å². The molecule has 0 radical (unpaired) electrons. The molecule has 0 bridgehead atoms. The van der Waals surface area contributed by atoms with Gasteiger partial charge in [0, 0.05) is 5.92 Å². The topological polar surface area (TPSA) is 27.7 Å². The predicted octanol–water partition coefficient (Wildman–Crippen LogP) is 3.26. The molecule has 1 aliphatic heterocycles. The number of fused-ring (bicyclic) bond motifs is 1. The number of methoxy groups -OCH3 is 2. The van der Waals surface area contributed by atoms with Gasteiger partial charge in [-0.1, -0.05) is 25.1 Å². The van der Waals surface area contributed by atoms with E-state index >= 15 is 0 Å². The summed E-state index contributed by atoms with van der Waals surface area (Å²) in [7, 11) is 3.36. The molecule has 4 atom stereocenters. The summed E-state index contributed by atoms with van der Waals surface area (Å²) in [5.41, 5.74) is 1.32. The van der Waals surface area contributed by atoms with Crippen LogP contribution in [-0.4, -0.2) is 27.4 Å². The van der Waals surface area contributed by atoms with Crippen molar-refractivity contribution in [3.05, 3.63) is 35.9 Å². The maximum absolute atomic E-state index is 5.69. The molecule has 0 amide bonds. The third-order valence-electron chi connectivity index (χ3n) is 4.65. The van der Waals surface area contributed by atoms with Crippen molar-refractivity contribution < 1.29 is 14.2 Å². The van der Waals surface area contributed by atoms with Crippen molar-refractivity contribution in [1.82, 2.24) is 0 Å². The zero-order valence-corrected chi connectivity index (χ0v) is 12.3. The van der Waals surface area contributed by atoms with E-state index in [1.165, 1.54) is 5.56 Å². The van der Waals surface area contributed by atoms with Crippen molar-refractivity contribution in [3.63, 3.8) is 0 Å². The van der Waals surface area contributed by atoms with Crippen LogP contribution in [0.15, 0.2) is 30.4 Å². The lowest BCUT2D eigenvalue weighted by atomic mass is 9.69. The van der Waals surface area contributed by atoms with Crippen LogP contribution in [0.4, 0.5) is 0 Å². The number of benzene rings is 1. The third-order valence-corrected chi connectivity index (χ3v) is 4.65. The fraction of sp³-hybridized carbons (Fsp3) is 0.529. The lowest BCUT2D eigenvalue weighted by molar-refractivity contribution is 0.176.